The molecule has 130 valence electrons. The number of hydrogen-bond acceptors (Lipinski definition) is 3. The van der Waals surface area contributed by atoms with Gasteiger partial charge >= 0.3 is 5.97 Å². The predicted molar refractivity (Wildman–Crippen MR) is 94.9 cm³/mol. The van der Waals surface area contributed by atoms with Gasteiger partial charge < -0.3 is 15.2 Å². The van der Waals surface area contributed by atoms with Gasteiger partial charge in [0.05, 0.1) is 18.9 Å². The maximum atomic E-state index is 12.2. The molecule has 2 aromatic carbocycles. The van der Waals surface area contributed by atoms with Crippen LogP contribution in [0.4, 0.5) is 5.69 Å². The Morgan fingerprint density at radius 2 is 1.88 bits per heavy atom. The predicted octanol–water partition coefficient (Wildman–Crippen LogP) is 3.07. The summed E-state index contributed by atoms with van der Waals surface area (Å²) in [6.07, 6.45) is 1.67. The lowest BCUT2D eigenvalue weighted by molar-refractivity contribution is -0.141. The molecule has 1 atom stereocenters. The number of amides is 1. The minimum atomic E-state index is -0.808. The van der Waals surface area contributed by atoms with Crippen LogP contribution < -0.4 is 10.1 Å². The Kier molecular flexibility index (Phi) is 5.03. The largest absolute Gasteiger partial charge is 0.493 e. The second-order valence-electron chi connectivity index (χ2n) is 6.41. The topological polar surface area (TPSA) is 75.6 Å². The Labute approximate surface area is 146 Å². The summed E-state index contributed by atoms with van der Waals surface area (Å²) in [4.78, 5) is 23.1. The summed E-state index contributed by atoms with van der Waals surface area (Å²) in [6.45, 7) is 2.39. The maximum absolute atomic E-state index is 12.2. The molecular formula is C20H21NO4. The van der Waals surface area contributed by atoms with Gasteiger partial charge in [0.1, 0.15) is 5.75 Å². The van der Waals surface area contributed by atoms with Crippen LogP contribution in [0.1, 0.15) is 23.6 Å². The second-order valence-corrected chi connectivity index (χ2v) is 6.41. The number of fused-ring (bicyclic) bond motifs is 1. The van der Waals surface area contributed by atoms with Gasteiger partial charge in [-0.3, -0.25) is 9.59 Å². The van der Waals surface area contributed by atoms with Gasteiger partial charge in [-0.05, 0) is 41.3 Å². The van der Waals surface area contributed by atoms with E-state index in [9.17, 15) is 9.59 Å². The van der Waals surface area contributed by atoms with Crippen molar-refractivity contribution >= 4 is 17.6 Å². The molecule has 0 fully saturated rings. The number of benzene rings is 2. The summed E-state index contributed by atoms with van der Waals surface area (Å²) in [5, 5.41) is 11.8. The molecule has 3 rings (SSSR count). The molecule has 2 aromatic rings. The Bertz CT molecular complexity index is 783. The lowest BCUT2D eigenvalue weighted by Gasteiger charge is -2.09. The zero-order valence-electron chi connectivity index (χ0n) is 14.1. The first-order valence-corrected chi connectivity index (χ1v) is 8.37. The highest BCUT2D eigenvalue weighted by atomic mass is 16.5. The number of carbonyl (C=O) groups excluding carboxylic acids is 1. The van der Waals surface area contributed by atoms with Crippen molar-refractivity contribution in [2.24, 2.45) is 5.92 Å². The average Bonchev–Trinajstić information content (AvgIpc) is 3.04. The van der Waals surface area contributed by atoms with Gasteiger partial charge in [0.25, 0.3) is 0 Å². The molecule has 1 aliphatic heterocycles. The summed E-state index contributed by atoms with van der Waals surface area (Å²) in [5.74, 6) is -0.401. The molecule has 0 aliphatic carbocycles. The van der Waals surface area contributed by atoms with E-state index in [1.165, 1.54) is 0 Å². The highest BCUT2D eigenvalue weighted by Crippen LogP contribution is 2.26. The number of carboxylic acids is 1. The van der Waals surface area contributed by atoms with Crippen molar-refractivity contribution in [1.82, 2.24) is 0 Å². The summed E-state index contributed by atoms with van der Waals surface area (Å²) in [5.41, 5.74) is 3.77. The Morgan fingerprint density at radius 3 is 2.60 bits per heavy atom. The first-order chi connectivity index (χ1) is 12.0. The highest BCUT2D eigenvalue weighted by Gasteiger charge is 2.14. The lowest BCUT2D eigenvalue weighted by Crippen LogP contribution is -2.15. The molecular weight excluding hydrogens is 318 g/mol. The maximum Gasteiger partial charge on any atom is 0.306 e. The van der Waals surface area contributed by atoms with Gasteiger partial charge in [-0.1, -0.05) is 31.2 Å². The van der Waals surface area contributed by atoms with Crippen LogP contribution in [0.2, 0.25) is 0 Å². The Balaban J connectivity index is 1.56. The number of nitrogens with one attached hydrogen (secondary N) is 1. The van der Waals surface area contributed by atoms with E-state index in [1.54, 1.807) is 19.1 Å². The van der Waals surface area contributed by atoms with Gasteiger partial charge in [0, 0.05) is 12.1 Å². The van der Waals surface area contributed by atoms with Gasteiger partial charge in [-0.25, -0.2) is 0 Å². The summed E-state index contributed by atoms with van der Waals surface area (Å²) >= 11 is 0. The fraction of sp³-hybridized carbons (Fsp3) is 0.300. The van der Waals surface area contributed by atoms with Crippen LogP contribution >= 0.6 is 0 Å². The van der Waals surface area contributed by atoms with Crippen LogP contribution in [0.15, 0.2) is 42.5 Å². The SMILES string of the molecule is CC(Cc1ccc(NC(=O)Cc2ccc3c(c2)CCO3)cc1)C(=O)O. The zero-order valence-corrected chi connectivity index (χ0v) is 14.1. The summed E-state index contributed by atoms with van der Waals surface area (Å²) in [6, 6.07) is 13.2. The fourth-order valence-electron chi connectivity index (χ4n) is 2.91. The third-order valence-corrected chi connectivity index (χ3v) is 4.32. The Hall–Kier alpha value is -2.82. The van der Waals surface area contributed by atoms with Gasteiger partial charge in [0.2, 0.25) is 5.91 Å². The Morgan fingerprint density at radius 1 is 1.16 bits per heavy atom. The zero-order chi connectivity index (χ0) is 17.8. The average molecular weight is 339 g/mol. The smallest absolute Gasteiger partial charge is 0.306 e. The minimum Gasteiger partial charge on any atom is -0.493 e. The van der Waals surface area contributed by atoms with Crippen LogP contribution in [0.3, 0.4) is 0 Å². The molecule has 1 heterocycles. The van der Waals surface area contributed by atoms with Crippen molar-refractivity contribution in [3.05, 3.63) is 59.2 Å². The van der Waals surface area contributed by atoms with Crippen molar-refractivity contribution in [1.29, 1.82) is 0 Å². The number of anilines is 1. The number of ether oxygens (including phenoxy) is 1. The van der Waals surface area contributed by atoms with Crippen molar-refractivity contribution in [3.8, 4) is 5.75 Å². The number of rotatable bonds is 6. The van der Waals surface area contributed by atoms with E-state index < -0.39 is 11.9 Å². The van der Waals surface area contributed by atoms with Gasteiger partial charge in [-0.15, -0.1) is 0 Å². The van der Waals surface area contributed by atoms with E-state index in [0.717, 1.165) is 28.9 Å². The quantitative estimate of drug-likeness (QED) is 0.848. The second kappa shape index (κ2) is 7.38. The van der Waals surface area contributed by atoms with Crippen molar-refractivity contribution in [2.75, 3.05) is 11.9 Å². The van der Waals surface area contributed by atoms with Crippen LogP contribution in [-0.2, 0) is 28.9 Å². The van der Waals surface area contributed by atoms with Crippen LogP contribution in [-0.4, -0.2) is 23.6 Å². The van der Waals surface area contributed by atoms with E-state index in [1.807, 2.05) is 30.3 Å². The molecule has 0 spiro atoms. The first kappa shape index (κ1) is 17.0. The molecule has 0 saturated heterocycles. The van der Waals surface area contributed by atoms with Gasteiger partial charge in [-0.2, -0.15) is 0 Å². The number of hydrogen-bond donors (Lipinski definition) is 2. The van der Waals surface area contributed by atoms with Crippen LogP contribution in [0.5, 0.6) is 5.75 Å². The lowest BCUT2D eigenvalue weighted by atomic mass is 10.0. The molecule has 1 amide bonds. The fourth-order valence-corrected chi connectivity index (χ4v) is 2.91. The highest BCUT2D eigenvalue weighted by molar-refractivity contribution is 5.92. The molecule has 0 aromatic heterocycles. The number of aliphatic carboxylic acids is 1. The summed E-state index contributed by atoms with van der Waals surface area (Å²) < 4.78 is 5.47. The van der Waals surface area contributed by atoms with E-state index in [2.05, 4.69) is 5.32 Å². The number of carboxylic acid groups (broad SMARTS) is 1. The molecule has 1 aliphatic rings. The van der Waals surface area contributed by atoms with E-state index in [-0.39, 0.29) is 5.91 Å². The standard InChI is InChI=1S/C20H21NO4/c1-13(20(23)24)10-14-2-5-17(6-3-14)21-19(22)12-15-4-7-18-16(11-15)8-9-25-18/h2-7,11,13H,8-10,12H2,1H3,(H,21,22)(H,23,24). The minimum absolute atomic E-state index is 0.0782. The molecule has 5 nitrogen and oxygen atoms in total. The van der Waals surface area contributed by atoms with Crippen LogP contribution in [0.25, 0.3) is 0 Å². The summed E-state index contributed by atoms with van der Waals surface area (Å²) in [7, 11) is 0. The van der Waals surface area contributed by atoms with E-state index in [0.29, 0.717) is 25.1 Å². The van der Waals surface area contributed by atoms with E-state index in [4.69, 9.17) is 9.84 Å². The third-order valence-electron chi connectivity index (χ3n) is 4.32. The molecule has 0 saturated carbocycles. The molecule has 0 radical (unpaired) electrons. The van der Waals surface area contributed by atoms with E-state index >= 15 is 0 Å². The van der Waals surface area contributed by atoms with Crippen molar-refractivity contribution in [3.63, 3.8) is 0 Å². The normalized spacial score (nSPS) is 13.6. The third kappa shape index (κ3) is 4.38. The molecule has 5 heteroatoms. The van der Waals surface area contributed by atoms with Gasteiger partial charge in [0.15, 0.2) is 0 Å². The van der Waals surface area contributed by atoms with Crippen molar-refractivity contribution < 1.29 is 19.4 Å². The monoisotopic (exact) mass is 339 g/mol. The molecule has 25 heavy (non-hydrogen) atoms. The first-order valence-electron chi connectivity index (χ1n) is 8.37. The molecule has 0 bridgehead atoms. The van der Waals surface area contributed by atoms with Crippen molar-refractivity contribution in [2.45, 2.75) is 26.2 Å². The number of carbonyl (C=O) groups is 2. The molecule has 1 unspecified atom stereocenters. The van der Waals surface area contributed by atoms with Crippen LogP contribution in [0, 0.1) is 5.92 Å². The molecule has 2 N–H and O–H groups in total.